The number of nitrogens with zero attached hydrogens (tertiary/aromatic N) is 2. The van der Waals surface area contributed by atoms with Gasteiger partial charge < -0.3 is 11.1 Å². The Labute approximate surface area is 102 Å². The van der Waals surface area contributed by atoms with Crippen LogP contribution in [0.4, 0.5) is 11.6 Å². The molecule has 2 aromatic rings. The number of nitrogen functional groups attached to an aromatic ring is 1. The lowest BCUT2D eigenvalue weighted by atomic mass is 10.3. The molecule has 1 heterocycles. The Morgan fingerprint density at radius 1 is 1.31 bits per heavy atom. The lowest BCUT2D eigenvalue weighted by molar-refractivity contribution is 1.22. The normalized spacial score (nSPS) is 10.3. The molecule has 1 aromatic heterocycles. The van der Waals surface area contributed by atoms with E-state index in [4.69, 9.17) is 5.73 Å². The summed E-state index contributed by atoms with van der Waals surface area (Å²) in [5.74, 6) is 0.978. The number of nitrogens with two attached hydrogens (primary N) is 1. The van der Waals surface area contributed by atoms with Gasteiger partial charge in [0.05, 0.1) is 11.0 Å². The number of anilines is 2. The first-order valence-corrected chi connectivity index (χ1v) is 5.55. The van der Waals surface area contributed by atoms with Gasteiger partial charge >= 0.3 is 0 Å². The van der Waals surface area contributed by atoms with Crippen LogP contribution in [0.5, 0.6) is 0 Å². The molecule has 0 aliphatic carbocycles. The second kappa shape index (κ2) is 4.49. The third-order valence-corrected chi connectivity index (χ3v) is 2.33. The molecule has 0 bridgehead atoms. The van der Waals surface area contributed by atoms with Gasteiger partial charge in [-0.15, -0.1) is 0 Å². The van der Waals surface area contributed by atoms with E-state index in [9.17, 15) is 0 Å². The van der Waals surface area contributed by atoms with E-state index in [1.807, 2.05) is 24.3 Å². The Balaban J connectivity index is 2.38. The number of rotatable bonds is 3. The smallest absolute Gasteiger partial charge is 0.169 e. The van der Waals surface area contributed by atoms with Crippen LogP contribution < -0.4 is 11.1 Å². The average molecular weight is 279 g/mol. The van der Waals surface area contributed by atoms with Crippen LogP contribution in [0.1, 0.15) is 0 Å². The molecule has 0 fully saturated rings. The summed E-state index contributed by atoms with van der Waals surface area (Å²) in [5.41, 5.74) is 7.41. The molecule has 0 atom stereocenters. The predicted octanol–water partition coefficient (Wildman–Crippen LogP) is 2.53. The lowest BCUT2D eigenvalue weighted by Crippen LogP contribution is -2.07. The zero-order valence-corrected chi connectivity index (χ0v) is 10.2. The van der Waals surface area contributed by atoms with E-state index < -0.39 is 0 Å². The molecule has 0 radical (unpaired) electrons. The summed E-state index contributed by atoms with van der Waals surface area (Å²) in [5, 5.41) is 3.06. The fourth-order valence-corrected chi connectivity index (χ4v) is 1.46. The largest absolute Gasteiger partial charge is 0.381 e. The molecule has 0 saturated heterocycles. The van der Waals surface area contributed by atoms with Crippen molar-refractivity contribution in [1.82, 2.24) is 9.97 Å². The number of benzene rings is 1. The van der Waals surface area contributed by atoms with Crippen molar-refractivity contribution >= 4 is 38.6 Å². The number of aromatic nitrogens is 2. The SMILES string of the molecule is C=C(Br)CNc1nc2ccccc2nc1N. The fourth-order valence-electron chi connectivity index (χ4n) is 1.32. The van der Waals surface area contributed by atoms with Crippen LogP contribution in [0.25, 0.3) is 11.0 Å². The molecular weight excluding hydrogens is 268 g/mol. The fraction of sp³-hybridized carbons (Fsp3) is 0.0909. The van der Waals surface area contributed by atoms with Crippen molar-refractivity contribution in [3.05, 3.63) is 35.3 Å². The standard InChI is InChI=1S/C11H11BrN4/c1-7(12)6-14-11-10(13)15-8-4-2-3-5-9(8)16-11/h2-5H,1,6H2,(H2,13,15)(H,14,16). The number of hydrogen-bond donors (Lipinski definition) is 2. The molecule has 0 aliphatic rings. The van der Waals surface area contributed by atoms with E-state index in [0.29, 0.717) is 18.2 Å². The van der Waals surface area contributed by atoms with Crippen LogP contribution in [-0.4, -0.2) is 16.5 Å². The molecule has 0 saturated carbocycles. The van der Waals surface area contributed by atoms with Gasteiger partial charge in [0, 0.05) is 11.0 Å². The van der Waals surface area contributed by atoms with E-state index in [1.165, 1.54) is 0 Å². The average Bonchev–Trinajstić information content (AvgIpc) is 2.26. The minimum atomic E-state index is 0.396. The molecule has 1 aromatic carbocycles. The van der Waals surface area contributed by atoms with Crippen LogP contribution >= 0.6 is 15.9 Å². The van der Waals surface area contributed by atoms with E-state index in [-0.39, 0.29) is 0 Å². The van der Waals surface area contributed by atoms with Crippen LogP contribution in [0.15, 0.2) is 35.3 Å². The molecule has 0 aliphatic heterocycles. The zero-order chi connectivity index (χ0) is 11.5. The highest BCUT2D eigenvalue weighted by Gasteiger charge is 2.04. The third kappa shape index (κ3) is 2.30. The summed E-state index contributed by atoms with van der Waals surface area (Å²) in [7, 11) is 0. The second-order valence-electron chi connectivity index (χ2n) is 3.32. The van der Waals surface area contributed by atoms with Gasteiger partial charge in [0.2, 0.25) is 0 Å². The van der Waals surface area contributed by atoms with Gasteiger partial charge in [-0.25, -0.2) is 9.97 Å². The summed E-state index contributed by atoms with van der Waals surface area (Å²) in [6.45, 7) is 4.29. The number of nitrogens with one attached hydrogen (secondary N) is 1. The van der Waals surface area contributed by atoms with Crippen LogP contribution in [0, 0.1) is 0 Å². The first-order chi connectivity index (χ1) is 7.66. The Kier molecular flexibility index (Phi) is 3.05. The molecule has 4 nitrogen and oxygen atoms in total. The summed E-state index contributed by atoms with van der Waals surface area (Å²) in [6, 6.07) is 7.60. The maximum Gasteiger partial charge on any atom is 0.169 e. The first kappa shape index (κ1) is 10.9. The van der Waals surface area contributed by atoms with E-state index >= 15 is 0 Å². The van der Waals surface area contributed by atoms with Crippen molar-refractivity contribution in [2.75, 3.05) is 17.6 Å². The summed E-state index contributed by atoms with van der Waals surface area (Å²) in [4.78, 5) is 8.65. The van der Waals surface area contributed by atoms with Gasteiger partial charge in [0.15, 0.2) is 11.6 Å². The maximum atomic E-state index is 5.79. The molecule has 5 heteroatoms. The van der Waals surface area contributed by atoms with Crippen molar-refractivity contribution < 1.29 is 0 Å². The van der Waals surface area contributed by atoms with Crippen LogP contribution in [0.3, 0.4) is 0 Å². The molecule has 0 amide bonds. The highest BCUT2D eigenvalue weighted by atomic mass is 79.9. The Morgan fingerprint density at radius 3 is 2.56 bits per heavy atom. The molecule has 3 N–H and O–H groups in total. The lowest BCUT2D eigenvalue weighted by Gasteiger charge is -2.07. The molecule has 16 heavy (non-hydrogen) atoms. The summed E-state index contributed by atoms with van der Waals surface area (Å²) in [6.07, 6.45) is 0. The zero-order valence-electron chi connectivity index (χ0n) is 8.57. The molecule has 2 rings (SSSR count). The van der Waals surface area contributed by atoms with Crippen molar-refractivity contribution in [2.24, 2.45) is 0 Å². The number of fused-ring (bicyclic) bond motifs is 1. The monoisotopic (exact) mass is 278 g/mol. The first-order valence-electron chi connectivity index (χ1n) is 4.76. The van der Waals surface area contributed by atoms with Gasteiger partial charge in [-0.05, 0) is 12.1 Å². The van der Waals surface area contributed by atoms with Crippen LogP contribution in [0.2, 0.25) is 0 Å². The van der Waals surface area contributed by atoms with Gasteiger partial charge in [-0.1, -0.05) is 34.6 Å². The number of para-hydroxylation sites is 2. The van der Waals surface area contributed by atoms with E-state index in [2.05, 4.69) is 37.8 Å². The predicted molar refractivity (Wildman–Crippen MR) is 70.5 cm³/mol. The van der Waals surface area contributed by atoms with Crippen molar-refractivity contribution in [2.45, 2.75) is 0 Å². The number of halogens is 1. The van der Waals surface area contributed by atoms with E-state index in [0.717, 1.165) is 15.5 Å². The van der Waals surface area contributed by atoms with Crippen LogP contribution in [-0.2, 0) is 0 Å². The molecule has 82 valence electrons. The van der Waals surface area contributed by atoms with E-state index in [1.54, 1.807) is 0 Å². The Hall–Kier alpha value is -1.62. The summed E-state index contributed by atoms with van der Waals surface area (Å²) >= 11 is 3.26. The van der Waals surface area contributed by atoms with Gasteiger partial charge in [-0.3, -0.25) is 0 Å². The third-order valence-electron chi connectivity index (χ3n) is 2.05. The highest BCUT2D eigenvalue weighted by Crippen LogP contribution is 2.18. The van der Waals surface area contributed by atoms with Crippen molar-refractivity contribution in [3.8, 4) is 0 Å². The number of hydrogen-bond acceptors (Lipinski definition) is 4. The molecule has 0 spiro atoms. The van der Waals surface area contributed by atoms with Crippen molar-refractivity contribution in [3.63, 3.8) is 0 Å². The minimum Gasteiger partial charge on any atom is -0.381 e. The molecular formula is C11H11BrN4. The Morgan fingerprint density at radius 2 is 1.94 bits per heavy atom. The quantitative estimate of drug-likeness (QED) is 0.906. The Bertz CT molecular complexity index is 538. The second-order valence-corrected chi connectivity index (χ2v) is 4.44. The summed E-state index contributed by atoms with van der Waals surface area (Å²) < 4.78 is 0.835. The maximum absolute atomic E-state index is 5.79. The topological polar surface area (TPSA) is 63.8 Å². The van der Waals surface area contributed by atoms with Gasteiger partial charge in [0.1, 0.15) is 0 Å². The van der Waals surface area contributed by atoms with Gasteiger partial charge in [0.25, 0.3) is 0 Å². The minimum absolute atomic E-state index is 0.396. The van der Waals surface area contributed by atoms with Crippen molar-refractivity contribution in [1.29, 1.82) is 0 Å². The van der Waals surface area contributed by atoms with Gasteiger partial charge in [-0.2, -0.15) is 0 Å². The highest BCUT2D eigenvalue weighted by molar-refractivity contribution is 9.11. The molecule has 0 unspecified atom stereocenters.